The molecule has 3 aromatic rings. The summed E-state index contributed by atoms with van der Waals surface area (Å²) < 4.78 is 18.9. The first-order valence-electron chi connectivity index (χ1n) is 23.6. The van der Waals surface area contributed by atoms with Crippen molar-refractivity contribution in [3.63, 3.8) is 0 Å². The van der Waals surface area contributed by atoms with Gasteiger partial charge in [0.1, 0.15) is 73.2 Å². The molecule has 0 saturated carbocycles. The number of pyridine rings is 3. The summed E-state index contributed by atoms with van der Waals surface area (Å²) in [5.41, 5.74) is 10.3. The van der Waals surface area contributed by atoms with Gasteiger partial charge in [-0.3, -0.25) is 0 Å². The highest BCUT2D eigenvalue weighted by atomic mass is 28.3. The van der Waals surface area contributed by atoms with Crippen LogP contribution < -0.4 is 14.2 Å². The molecule has 0 fully saturated rings. The maximum absolute atomic E-state index is 6.34. The highest BCUT2D eigenvalue weighted by Gasteiger charge is 2.34. The molecule has 3 heterocycles. The van der Waals surface area contributed by atoms with E-state index in [0.29, 0.717) is 53.1 Å². The van der Waals surface area contributed by atoms with Crippen LogP contribution in [0.1, 0.15) is 187 Å². The van der Waals surface area contributed by atoms with Gasteiger partial charge in [0.05, 0.1) is 13.2 Å². The molecular formula is C55H79N3O3Si2. The zero-order chi connectivity index (χ0) is 46.7. The van der Waals surface area contributed by atoms with Crippen molar-refractivity contribution in [2.75, 3.05) is 13.2 Å². The Labute approximate surface area is 386 Å². The molecule has 0 saturated heterocycles. The van der Waals surface area contributed by atoms with E-state index < -0.39 is 21.7 Å². The number of ether oxygens (including phenoxy) is 3. The fourth-order valence-corrected chi connectivity index (χ4v) is 7.33. The van der Waals surface area contributed by atoms with Crippen LogP contribution in [0.4, 0.5) is 0 Å². The average molecular weight is 886 g/mol. The fraction of sp³-hybridized carbons (Fsp3) is 0.582. The Morgan fingerprint density at radius 2 is 0.698 bits per heavy atom. The lowest BCUT2D eigenvalue weighted by molar-refractivity contribution is 0.130. The monoisotopic (exact) mass is 886 g/mol. The topological polar surface area (TPSA) is 66.4 Å². The van der Waals surface area contributed by atoms with E-state index in [1.165, 1.54) is 51.4 Å². The Hall–Kier alpha value is -4.48. The largest absolute Gasteiger partial charge is 0.493 e. The van der Waals surface area contributed by atoms with E-state index in [1.54, 1.807) is 0 Å². The van der Waals surface area contributed by atoms with Gasteiger partial charge in [0.2, 0.25) is 0 Å². The van der Waals surface area contributed by atoms with E-state index in [0.717, 1.165) is 37.2 Å². The Balaban J connectivity index is 2.05. The normalized spacial score (nSPS) is 11.8. The Morgan fingerprint density at radius 1 is 0.413 bits per heavy atom. The Morgan fingerprint density at radius 3 is 1.00 bits per heavy atom. The van der Waals surface area contributed by atoms with E-state index in [9.17, 15) is 0 Å². The van der Waals surface area contributed by atoms with Crippen LogP contribution in [0.15, 0.2) is 36.4 Å². The summed E-state index contributed by atoms with van der Waals surface area (Å²) in [5.74, 6) is 21.9. The van der Waals surface area contributed by atoms with Gasteiger partial charge in [-0.2, -0.15) is 0 Å². The fourth-order valence-electron chi connectivity index (χ4n) is 5.70. The lowest BCUT2D eigenvalue weighted by atomic mass is 10.1. The summed E-state index contributed by atoms with van der Waals surface area (Å²) in [5, 5.41) is 0.254. The number of hydrogen-bond donors (Lipinski definition) is 0. The summed E-state index contributed by atoms with van der Waals surface area (Å²) >= 11 is 0. The molecule has 3 rings (SSSR count). The Kier molecular flexibility index (Phi) is 20.6. The molecule has 0 aliphatic heterocycles. The highest BCUT2D eigenvalue weighted by molar-refractivity contribution is 6.88. The van der Waals surface area contributed by atoms with Gasteiger partial charge in [0, 0.05) is 36.4 Å². The lowest BCUT2D eigenvalue weighted by Gasteiger charge is -2.31. The summed E-state index contributed by atoms with van der Waals surface area (Å²) in [4.78, 5) is 14.6. The van der Waals surface area contributed by atoms with Gasteiger partial charge >= 0.3 is 0 Å². The molecule has 3 aromatic heterocycles. The highest BCUT2D eigenvalue weighted by Crippen LogP contribution is 2.36. The van der Waals surface area contributed by atoms with Gasteiger partial charge < -0.3 is 14.2 Å². The SMILES string of the molecule is CCCCCCCCOc1cc(C#Cc2cc(OC(C)(C)C)cc(C#Cc3cc(OCCCCCCCC)cc(C#C[Si](C)(C)C(C)(C)C)n3)n2)nc(C#C[Si](C)(C)C(C)(C)C)c1. The minimum absolute atomic E-state index is 0.127. The third kappa shape index (κ3) is 19.8. The van der Waals surface area contributed by atoms with Gasteiger partial charge in [-0.05, 0) is 67.4 Å². The standard InChI is InChI=1S/C55H79N3O3Si2/c1-16-18-20-22-24-26-34-59-50-38-44(57-48(40-50)32-36-62(12,13)54(6,7)8)28-30-46-42-52(61-53(3,4)5)43-47(56-46)31-29-45-39-51(60-35-27-25-23-21-19-17-2)41-49(58-45)33-37-63(14,15)55(9,10)11/h38-43H,16-27,34-35H2,1-15H3. The minimum atomic E-state index is -1.88. The molecule has 6 nitrogen and oxygen atoms in total. The average Bonchev–Trinajstić information content (AvgIpc) is 3.18. The second-order valence-electron chi connectivity index (χ2n) is 20.9. The Bertz CT molecular complexity index is 2050. The summed E-state index contributed by atoms with van der Waals surface area (Å²) in [7, 11) is -3.75. The predicted molar refractivity (Wildman–Crippen MR) is 271 cm³/mol. The van der Waals surface area contributed by atoms with Crippen LogP contribution in [-0.4, -0.2) is 49.9 Å². The van der Waals surface area contributed by atoms with Crippen LogP contribution in [0.3, 0.4) is 0 Å². The van der Waals surface area contributed by atoms with Gasteiger partial charge in [-0.15, -0.1) is 11.1 Å². The van der Waals surface area contributed by atoms with Crippen molar-refractivity contribution in [3.8, 4) is 63.9 Å². The van der Waals surface area contributed by atoms with Crippen LogP contribution in [-0.2, 0) is 0 Å². The van der Waals surface area contributed by atoms with E-state index >= 15 is 0 Å². The second kappa shape index (κ2) is 24.5. The zero-order valence-electron chi connectivity index (χ0n) is 41.9. The summed E-state index contributed by atoms with van der Waals surface area (Å²) in [6, 6.07) is 11.4. The summed E-state index contributed by atoms with van der Waals surface area (Å²) in [6.07, 6.45) is 14.4. The van der Waals surface area contributed by atoms with Crippen LogP contribution in [0.2, 0.25) is 36.3 Å². The smallest absolute Gasteiger partial charge is 0.138 e. The van der Waals surface area contributed by atoms with Gasteiger partial charge in [-0.25, -0.2) is 15.0 Å². The minimum Gasteiger partial charge on any atom is -0.493 e. The molecule has 0 amide bonds. The third-order valence-electron chi connectivity index (χ3n) is 11.7. The maximum Gasteiger partial charge on any atom is 0.138 e. The van der Waals surface area contributed by atoms with Gasteiger partial charge in [-0.1, -0.05) is 158 Å². The van der Waals surface area contributed by atoms with Crippen molar-refractivity contribution in [2.45, 2.75) is 195 Å². The van der Waals surface area contributed by atoms with Crippen molar-refractivity contribution in [2.24, 2.45) is 0 Å². The van der Waals surface area contributed by atoms with Crippen molar-refractivity contribution in [1.82, 2.24) is 15.0 Å². The number of hydrogen-bond acceptors (Lipinski definition) is 6. The first kappa shape index (κ1) is 52.9. The van der Waals surface area contributed by atoms with Crippen molar-refractivity contribution in [3.05, 3.63) is 70.6 Å². The molecule has 63 heavy (non-hydrogen) atoms. The lowest BCUT2D eigenvalue weighted by Crippen LogP contribution is -2.35. The molecular weight excluding hydrogens is 807 g/mol. The van der Waals surface area contributed by atoms with Crippen LogP contribution in [0, 0.1) is 46.6 Å². The number of nitrogens with zero attached hydrogens (tertiary/aromatic N) is 3. The van der Waals surface area contributed by atoms with E-state index in [4.69, 9.17) is 29.2 Å². The van der Waals surface area contributed by atoms with E-state index in [-0.39, 0.29) is 10.1 Å². The van der Waals surface area contributed by atoms with Crippen molar-refractivity contribution in [1.29, 1.82) is 0 Å². The first-order valence-corrected chi connectivity index (χ1v) is 29.6. The maximum atomic E-state index is 6.34. The molecule has 8 heteroatoms. The molecule has 0 atom stereocenters. The van der Waals surface area contributed by atoms with Crippen LogP contribution in [0.25, 0.3) is 0 Å². The molecule has 340 valence electrons. The number of unbranched alkanes of at least 4 members (excludes halogenated alkanes) is 10. The molecule has 0 N–H and O–H groups in total. The van der Waals surface area contributed by atoms with Crippen LogP contribution in [0.5, 0.6) is 17.2 Å². The molecule has 0 aliphatic carbocycles. The molecule has 0 aliphatic rings. The predicted octanol–water partition coefficient (Wildman–Crippen LogP) is 14.1. The second-order valence-corrected chi connectivity index (χ2v) is 30.9. The third-order valence-corrected chi connectivity index (χ3v) is 20.7. The molecule has 0 unspecified atom stereocenters. The number of rotatable bonds is 17. The van der Waals surface area contributed by atoms with Gasteiger partial charge in [0.25, 0.3) is 0 Å². The quantitative estimate of drug-likeness (QED) is 0.0764. The first-order chi connectivity index (χ1) is 29.5. The molecule has 0 spiro atoms. The number of aromatic nitrogens is 3. The van der Waals surface area contributed by atoms with E-state index in [2.05, 4.69) is 128 Å². The van der Waals surface area contributed by atoms with Crippen molar-refractivity contribution >= 4 is 16.1 Å². The zero-order valence-corrected chi connectivity index (χ0v) is 43.9. The molecule has 0 aromatic carbocycles. The molecule has 0 radical (unpaired) electrons. The van der Waals surface area contributed by atoms with Gasteiger partial charge in [0.15, 0.2) is 0 Å². The summed E-state index contributed by atoms with van der Waals surface area (Å²) in [6.45, 7) is 34.6. The molecule has 0 bridgehead atoms. The van der Waals surface area contributed by atoms with Crippen molar-refractivity contribution < 1.29 is 14.2 Å². The van der Waals surface area contributed by atoms with E-state index in [1.807, 2.05) is 57.2 Å². The van der Waals surface area contributed by atoms with Crippen LogP contribution >= 0.6 is 0 Å².